The molecule has 6 heteroatoms. The summed E-state index contributed by atoms with van der Waals surface area (Å²) in [4.78, 5) is 13.8. The van der Waals surface area contributed by atoms with Gasteiger partial charge in [0.2, 0.25) is 5.95 Å². The lowest BCUT2D eigenvalue weighted by molar-refractivity contribution is 0.461. The molecule has 1 aliphatic rings. The van der Waals surface area contributed by atoms with Crippen LogP contribution in [0.1, 0.15) is 48.9 Å². The van der Waals surface area contributed by atoms with E-state index in [1.54, 1.807) is 12.4 Å². The first-order chi connectivity index (χ1) is 14.2. The number of aromatic nitrogens is 4. The lowest BCUT2D eigenvalue weighted by atomic mass is 9.96. The minimum atomic E-state index is 0.271. The highest BCUT2D eigenvalue weighted by Gasteiger charge is 2.18. The van der Waals surface area contributed by atoms with Crippen LogP contribution >= 0.6 is 0 Å². The van der Waals surface area contributed by atoms with Crippen molar-refractivity contribution in [1.82, 2.24) is 19.5 Å². The molecule has 0 bridgehead atoms. The molecule has 0 amide bonds. The molecule has 148 valence electrons. The van der Waals surface area contributed by atoms with Crippen molar-refractivity contribution < 1.29 is 0 Å². The van der Waals surface area contributed by atoms with Gasteiger partial charge in [0, 0.05) is 17.8 Å². The fraction of sp³-hybridized carbons (Fsp3) is 0.391. The molecular weight excluding hydrogens is 360 g/mol. The summed E-state index contributed by atoms with van der Waals surface area (Å²) in [5.41, 5.74) is 4.28. The van der Waals surface area contributed by atoms with Gasteiger partial charge in [0.15, 0.2) is 0 Å². The van der Waals surface area contributed by atoms with E-state index in [1.807, 2.05) is 10.6 Å². The molecule has 0 unspecified atom stereocenters. The molecular formula is C23H26N6. The summed E-state index contributed by atoms with van der Waals surface area (Å²) in [5.74, 6) is 2.16. The first-order valence-electron chi connectivity index (χ1n) is 10.3. The summed E-state index contributed by atoms with van der Waals surface area (Å²) in [7, 11) is 0. The number of nitriles is 1. The zero-order valence-electron chi connectivity index (χ0n) is 17.0. The van der Waals surface area contributed by atoms with Crippen molar-refractivity contribution in [2.75, 3.05) is 5.32 Å². The molecule has 0 spiro atoms. The minimum absolute atomic E-state index is 0.271. The van der Waals surface area contributed by atoms with Gasteiger partial charge in [-0.1, -0.05) is 31.4 Å². The highest BCUT2D eigenvalue weighted by atomic mass is 15.2. The van der Waals surface area contributed by atoms with Crippen LogP contribution in [0.4, 0.5) is 5.95 Å². The van der Waals surface area contributed by atoms with E-state index < -0.39 is 0 Å². The molecule has 1 aliphatic carbocycles. The molecule has 1 fully saturated rings. The molecule has 3 aromatic rings. The van der Waals surface area contributed by atoms with Gasteiger partial charge in [-0.05, 0) is 49.9 Å². The van der Waals surface area contributed by atoms with Gasteiger partial charge in [-0.25, -0.2) is 9.97 Å². The van der Waals surface area contributed by atoms with Crippen LogP contribution in [0.25, 0.3) is 17.2 Å². The third-order valence-corrected chi connectivity index (χ3v) is 5.67. The molecule has 6 nitrogen and oxygen atoms in total. The highest BCUT2D eigenvalue weighted by Crippen LogP contribution is 2.26. The number of benzene rings is 1. The predicted octanol–water partition coefficient (Wildman–Crippen LogP) is 4.76. The largest absolute Gasteiger partial charge is 0.351 e. The molecule has 0 aliphatic heterocycles. The standard InChI is InChI=1S/C23H26N6/c1-16-8-9-18(14-17(16)2)22-26-15-20(10-12-24)29(22)21-11-13-25-23(28-21)27-19-6-4-3-5-7-19/h8-9,11,13-15,19H,3-7,10H2,1-2H3,(H,25,27,28). The summed E-state index contributed by atoms with van der Waals surface area (Å²) in [6.45, 7) is 4.19. The molecule has 29 heavy (non-hydrogen) atoms. The molecule has 1 saturated carbocycles. The Kier molecular flexibility index (Phi) is 5.57. The molecule has 0 saturated heterocycles. The van der Waals surface area contributed by atoms with Crippen molar-refractivity contribution in [2.45, 2.75) is 58.4 Å². The Bertz CT molecular complexity index is 1040. The number of imidazole rings is 1. The molecule has 0 radical (unpaired) electrons. The van der Waals surface area contributed by atoms with Crippen molar-refractivity contribution in [2.24, 2.45) is 0 Å². The Labute approximate surface area is 171 Å². The number of hydrogen-bond acceptors (Lipinski definition) is 5. The van der Waals surface area contributed by atoms with Gasteiger partial charge in [-0.2, -0.15) is 10.2 Å². The third-order valence-electron chi connectivity index (χ3n) is 5.67. The van der Waals surface area contributed by atoms with Crippen molar-refractivity contribution in [1.29, 1.82) is 5.26 Å². The lowest BCUT2D eigenvalue weighted by Gasteiger charge is -2.23. The summed E-state index contributed by atoms with van der Waals surface area (Å²) >= 11 is 0. The van der Waals surface area contributed by atoms with Crippen molar-refractivity contribution in [3.05, 3.63) is 53.5 Å². The van der Waals surface area contributed by atoms with Crippen LogP contribution in [-0.4, -0.2) is 25.6 Å². The normalized spacial score (nSPS) is 14.5. The van der Waals surface area contributed by atoms with E-state index >= 15 is 0 Å². The zero-order valence-corrected chi connectivity index (χ0v) is 17.0. The SMILES string of the molecule is Cc1ccc(-c2ncc(CC#N)n2-c2ccnc(NC3CCCCC3)n2)cc1C. The highest BCUT2D eigenvalue weighted by molar-refractivity contribution is 5.61. The van der Waals surface area contributed by atoms with Gasteiger partial charge in [0.1, 0.15) is 11.6 Å². The first kappa shape index (κ1) is 19.1. The fourth-order valence-electron chi connectivity index (χ4n) is 3.91. The van der Waals surface area contributed by atoms with Gasteiger partial charge in [0.25, 0.3) is 0 Å². The third kappa shape index (κ3) is 4.14. The van der Waals surface area contributed by atoms with Crippen molar-refractivity contribution >= 4 is 5.95 Å². The molecule has 2 heterocycles. The van der Waals surface area contributed by atoms with Crippen LogP contribution < -0.4 is 5.32 Å². The van der Waals surface area contributed by atoms with E-state index in [-0.39, 0.29) is 6.42 Å². The van der Waals surface area contributed by atoms with Crippen LogP contribution in [0, 0.1) is 25.2 Å². The van der Waals surface area contributed by atoms with E-state index in [2.05, 4.69) is 53.4 Å². The van der Waals surface area contributed by atoms with E-state index in [9.17, 15) is 5.26 Å². The smallest absolute Gasteiger partial charge is 0.224 e. The van der Waals surface area contributed by atoms with Crippen LogP contribution in [0.3, 0.4) is 0 Å². The number of nitrogens with zero attached hydrogens (tertiary/aromatic N) is 5. The molecule has 0 atom stereocenters. The Morgan fingerprint density at radius 1 is 1.10 bits per heavy atom. The maximum absolute atomic E-state index is 9.29. The van der Waals surface area contributed by atoms with Crippen molar-refractivity contribution in [3.63, 3.8) is 0 Å². The quantitative estimate of drug-likeness (QED) is 0.684. The second-order valence-electron chi connectivity index (χ2n) is 7.76. The topological polar surface area (TPSA) is 79.4 Å². The van der Waals surface area contributed by atoms with E-state index in [1.165, 1.54) is 30.4 Å². The maximum Gasteiger partial charge on any atom is 0.224 e. The zero-order chi connectivity index (χ0) is 20.2. The van der Waals surface area contributed by atoms with E-state index in [4.69, 9.17) is 4.98 Å². The van der Waals surface area contributed by atoms with E-state index in [0.29, 0.717) is 12.0 Å². The number of aryl methyl sites for hydroxylation is 2. The second-order valence-corrected chi connectivity index (χ2v) is 7.76. The van der Waals surface area contributed by atoms with E-state index in [0.717, 1.165) is 35.7 Å². The number of rotatable bonds is 5. The second kappa shape index (κ2) is 8.44. The number of nitrogens with one attached hydrogen (secondary N) is 1. The number of hydrogen-bond donors (Lipinski definition) is 1. The van der Waals surface area contributed by atoms with Crippen LogP contribution in [0.5, 0.6) is 0 Å². The van der Waals surface area contributed by atoms with Gasteiger partial charge in [-0.15, -0.1) is 0 Å². The monoisotopic (exact) mass is 386 g/mol. The molecule has 2 aromatic heterocycles. The molecule has 1 aromatic carbocycles. The average molecular weight is 387 g/mol. The minimum Gasteiger partial charge on any atom is -0.351 e. The Hall–Kier alpha value is -3.20. The van der Waals surface area contributed by atoms with Gasteiger partial charge < -0.3 is 5.32 Å². The summed E-state index contributed by atoms with van der Waals surface area (Å²) in [6, 6.07) is 10.8. The summed E-state index contributed by atoms with van der Waals surface area (Å²) in [6.07, 6.45) is 9.94. The Balaban J connectivity index is 1.73. The Morgan fingerprint density at radius 3 is 2.69 bits per heavy atom. The fourth-order valence-corrected chi connectivity index (χ4v) is 3.91. The summed E-state index contributed by atoms with van der Waals surface area (Å²) < 4.78 is 1.97. The van der Waals surface area contributed by atoms with Gasteiger partial charge in [0.05, 0.1) is 24.4 Å². The summed E-state index contributed by atoms with van der Waals surface area (Å²) in [5, 5.41) is 12.8. The first-order valence-corrected chi connectivity index (χ1v) is 10.3. The van der Waals surface area contributed by atoms with Gasteiger partial charge in [-0.3, -0.25) is 4.57 Å². The average Bonchev–Trinajstić information content (AvgIpc) is 3.15. The Morgan fingerprint density at radius 2 is 1.93 bits per heavy atom. The number of anilines is 1. The molecule has 1 N–H and O–H groups in total. The van der Waals surface area contributed by atoms with Crippen LogP contribution in [0.15, 0.2) is 36.7 Å². The van der Waals surface area contributed by atoms with Crippen molar-refractivity contribution in [3.8, 4) is 23.3 Å². The van der Waals surface area contributed by atoms with Crippen LogP contribution in [-0.2, 0) is 6.42 Å². The van der Waals surface area contributed by atoms with Crippen LogP contribution in [0.2, 0.25) is 0 Å². The predicted molar refractivity (Wildman–Crippen MR) is 114 cm³/mol. The molecule has 4 rings (SSSR count). The maximum atomic E-state index is 9.29. The van der Waals surface area contributed by atoms with Gasteiger partial charge >= 0.3 is 0 Å². The lowest BCUT2D eigenvalue weighted by Crippen LogP contribution is -2.23.